The first-order chi connectivity index (χ1) is 8.04. The number of rotatable bonds is 6. The minimum absolute atomic E-state index is 0.219. The number of nitrogens with zero attached hydrogens (tertiary/aromatic N) is 1. The van der Waals surface area contributed by atoms with Crippen LogP contribution in [0.25, 0.3) is 0 Å². The van der Waals surface area contributed by atoms with Crippen molar-refractivity contribution in [3.05, 3.63) is 24.0 Å². The van der Waals surface area contributed by atoms with Gasteiger partial charge in [-0.2, -0.15) is 0 Å². The van der Waals surface area contributed by atoms with Gasteiger partial charge in [-0.15, -0.1) is 0 Å². The molecule has 0 radical (unpaired) electrons. The van der Waals surface area contributed by atoms with E-state index in [4.69, 9.17) is 10.5 Å². The van der Waals surface area contributed by atoms with Gasteiger partial charge in [-0.05, 0) is 31.9 Å². The predicted molar refractivity (Wildman–Crippen MR) is 69.1 cm³/mol. The molecule has 0 aromatic heterocycles. The molecule has 0 saturated carbocycles. The van der Waals surface area contributed by atoms with Gasteiger partial charge in [0.15, 0.2) is 11.6 Å². The lowest BCUT2D eigenvalue weighted by molar-refractivity contribution is 0.386. The van der Waals surface area contributed by atoms with Crippen molar-refractivity contribution in [1.29, 1.82) is 0 Å². The first kappa shape index (κ1) is 13.8. The number of halogens is 1. The van der Waals surface area contributed by atoms with Gasteiger partial charge in [0.1, 0.15) is 0 Å². The van der Waals surface area contributed by atoms with Gasteiger partial charge in [0.05, 0.1) is 7.11 Å². The molecule has 2 N–H and O–H groups in total. The van der Waals surface area contributed by atoms with E-state index >= 15 is 0 Å². The van der Waals surface area contributed by atoms with Crippen LogP contribution in [0.15, 0.2) is 18.2 Å². The maximum atomic E-state index is 13.5. The largest absolute Gasteiger partial charge is 0.494 e. The van der Waals surface area contributed by atoms with E-state index in [0.717, 1.165) is 25.1 Å². The molecule has 4 heteroatoms. The van der Waals surface area contributed by atoms with Gasteiger partial charge in [0.25, 0.3) is 0 Å². The number of ether oxygens (including phenoxy) is 1. The first-order valence-corrected chi connectivity index (χ1v) is 5.85. The van der Waals surface area contributed by atoms with Gasteiger partial charge in [-0.25, -0.2) is 4.39 Å². The highest BCUT2D eigenvalue weighted by molar-refractivity contribution is 5.49. The smallest absolute Gasteiger partial charge is 0.167 e. The summed E-state index contributed by atoms with van der Waals surface area (Å²) < 4.78 is 18.4. The Kier molecular flexibility index (Phi) is 5.22. The van der Waals surface area contributed by atoms with E-state index in [1.807, 2.05) is 24.9 Å². The number of methoxy groups -OCH3 is 1. The fourth-order valence-electron chi connectivity index (χ4n) is 1.67. The molecule has 1 aromatic carbocycles. The molecule has 0 aliphatic carbocycles. The minimum atomic E-state index is -0.330. The monoisotopic (exact) mass is 240 g/mol. The van der Waals surface area contributed by atoms with Crippen molar-refractivity contribution in [3.63, 3.8) is 0 Å². The Morgan fingerprint density at radius 2 is 2.18 bits per heavy atom. The summed E-state index contributed by atoms with van der Waals surface area (Å²) in [6.07, 6.45) is 1.98. The van der Waals surface area contributed by atoms with Crippen LogP contribution in [0.1, 0.15) is 19.8 Å². The van der Waals surface area contributed by atoms with Gasteiger partial charge >= 0.3 is 0 Å². The minimum Gasteiger partial charge on any atom is -0.494 e. The Hall–Kier alpha value is -1.29. The van der Waals surface area contributed by atoms with Crippen molar-refractivity contribution in [2.24, 2.45) is 5.73 Å². The Balaban J connectivity index is 2.57. The molecule has 0 bridgehead atoms. The summed E-state index contributed by atoms with van der Waals surface area (Å²) in [4.78, 5) is 2.02. The zero-order chi connectivity index (χ0) is 12.8. The second-order valence-corrected chi connectivity index (χ2v) is 4.36. The third kappa shape index (κ3) is 4.23. The van der Waals surface area contributed by atoms with Crippen molar-refractivity contribution in [1.82, 2.24) is 0 Å². The van der Waals surface area contributed by atoms with E-state index in [0.29, 0.717) is 0 Å². The van der Waals surface area contributed by atoms with E-state index in [2.05, 4.69) is 0 Å². The summed E-state index contributed by atoms with van der Waals surface area (Å²) in [5, 5.41) is 0. The SMILES string of the molecule is COc1ccc(N(C)CCCC(C)N)cc1F. The summed E-state index contributed by atoms with van der Waals surface area (Å²) in [6.45, 7) is 2.86. The summed E-state index contributed by atoms with van der Waals surface area (Å²) in [7, 11) is 3.41. The van der Waals surface area contributed by atoms with E-state index in [-0.39, 0.29) is 17.6 Å². The summed E-state index contributed by atoms with van der Waals surface area (Å²) in [5.41, 5.74) is 6.54. The molecule has 1 aromatic rings. The molecule has 0 aliphatic heterocycles. The Morgan fingerprint density at radius 3 is 2.71 bits per heavy atom. The zero-order valence-corrected chi connectivity index (χ0v) is 10.7. The normalized spacial score (nSPS) is 12.3. The lowest BCUT2D eigenvalue weighted by Crippen LogP contribution is -2.22. The van der Waals surface area contributed by atoms with Crippen LogP contribution in [-0.2, 0) is 0 Å². The van der Waals surface area contributed by atoms with Crippen molar-refractivity contribution in [2.45, 2.75) is 25.8 Å². The Morgan fingerprint density at radius 1 is 1.47 bits per heavy atom. The second-order valence-electron chi connectivity index (χ2n) is 4.36. The Bertz CT molecular complexity index is 355. The van der Waals surface area contributed by atoms with Crippen LogP contribution in [0.5, 0.6) is 5.75 Å². The molecule has 0 fully saturated rings. The summed E-state index contributed by atoms with van der Waals surface area (Å²) >= 11 is 0. The zero-order valence-electron chi connectivity index (χ0n) is 10.7. The molecule has 96 valence electrons. The van der Waals surface area contributed by atoms with E-state index < -0.39 is 0 Å². The maximum Gasteiger partial charge on any atom is 0.167 e. The standard InChI is InChI=1S/C13H21FN2O/c1-10(15)5-4-8-16(2)11-6-7-13(17-3)12(14)9-11/h6-7,9-10H,4-5,8,15H2,1-3H3. The average Bonchev–Trinajstić information content (AvgIpc) is 2.28. The predicted octanol–water partition coefficient (Wildman–Crippen LogP) is 2.40. The second kappa shape index (κ2) is 6.45. The fraction of sp³-hybridized carbons (Fsp3) is 0.538. The molecule has 0 heterocycles. The van der Waals surface area contributed by atoms with Crippen molar-refractivity contribution < 1.29 is 9.13 Å². The number of hydrogen-bond donors (Lipinski definition) is 1. The molecular weight excluding hydrogens is 219 g/mol. The number of anilines is 1. The maximum absolute atomic E-state index is 13.5. The van der Waals surface area contributed by atoms with E-state index in [1.165, 1.54) is 13.2 Å². The lowest BCUT2D eigenvalue weighted by atomic mass is 10.2. The van der Waals surface area contributed by atoms with Crippen molar-refractivity contribution in [3.8, 4) is 5.75 Å². The van der Waals surface area contributed by atoms with Crippen LogP contribution >= 0.6 is 0 Å². The number of hydrogen-bond acceptors (Lipinski definition) is 3. The van der Waals surface area contributed by atoms with Gasteiger partial charge in [0, 0.05) is 31.4 Å². The molecule has 1 unspecified atom stereocenters. The van der Waals surface area contributed by atoms with E-state index in [9.17, 15) is 4.39 Å². The molecule has 3 nitrogen and oxygen atoms in total. The lowest BCUT2D eigenvalue weighted by Gasteiger charge is -2.20. The van der Waals surface area contributed by atoms with E-state index in [1.54, 1.807) is 6.07 Å². The molecule has 0 aliphatic rings. The molecule has 0 amide bonds. The van der Waals surface area contributed by atoms with Crippen LogP contribution < -0.4 is 15.4 Å². The van der Waals surface area contributed by atoms with Crippen molar-refractivity contribution in [2.75, 3.05) is 25.6 Å². The summed E-state index contributed by atoms with van der Waals surface area (Å²) in [5.74, 6) is -0.0539. The molecule has 0 saturated heterocycles. The molecule has 17 heavy (non-hydrogen) atoms. The van der Waals surface area contributed by atoms with Crippen molar-refractivity contribution >= 4 is 5.69 Å². The van der Waals surface area contributed by atoms with Crippen LogP contribution in [0.3, 0.4) is 0 Å². The topological polar surface area (TPSA) is 38.5 Å². The average molecular weight is 240 g/mol. The number of nitrogens with two attached hydrogens (primary N) is 1. The molecule has 0 spiro atoms. The summed E-state index contributed by atoms with van der Waals surface area (Å²) in [6, 6.07) is 5.21. The van der Waals surface area contributed by atoms with Gasteiger partial charge in [0.2, 0.25) is 0 Å². The van der Waals surface area contributed by atoms with Gasteiger partial charge < -0.3 is 15.4 Å². The van der Waals surface area contributed by atoms with Crippen LogP contribution in [0.4, 0.5) is 10.1 Å². The quantitative estimate of drug-likeness (QED) is 0.829. The first-order valence-electron chi connectivity index (χ1n) is 5.85. The van der Waals surface area contributed by atoms with Crippen LogP contribution in [0, 0.1) is 5.82 Å². The third-order valence-electron chi connectivity index (χ3n) is 2.73. The van der Waals surface area contributed by atoms with Gasteiger partial charge in [-0.3, -0.25) is 0 Å². The highest BCUT2D eigenvalue weighted by Crippen LogP contribution is 2.22. The highest BCUT2D eigenvalue weighted by Gasteiger charge is 2.07. The molecule has 1 rings (SSSR count). The molecular formula is C13H21FN2O. The highest BCUT2D eigenvalue weighted by atomic mass is 19.1. The third-order valence-corrected chi connectivity index (χ3v) is 2.73. The Labute approximate surface area is 102 Å². The fourth-order valence-corrected chi connectivity index (χ4v) is 1.67. The van der Waals surface area contributed by atoms with Crippen LogP contribution in [0.2, 0.25) is 0 Å². The number of benzene rings is 1. The van der Waals surface area contributed by atoms with Crippen LogP contribution in [-0.4, -0.2) is 26.7 Å². The molecule has 1 atom stereocenters. The van der Waals surface area contributed by atoms with Gasteiger partial charge in [-0.1, -0.05) is 0 Å².